The summed E-state index contributed by atoms with van der Waals surface area (Å²) in [7, 11) is -3.98. The van der Waals surface area contributed by atoms with Gasteiger partial charge in [-0.25, -0.2) is 18.0 Å². The van der Waals surface area contributed by atoms with Gasteiger partial charge in [0.1, 0.15) is 29.3 Å². The van der Waals surface area contributed by atoms with Gasteiger partial charge in [-0.15, -0.1) is 6.58 Å². The molecule has 0 spiro atoms. The molecule has 5 unspecified atom stereocenters. The average molecular weight is 744 g/mol. The summed E-state index contributed by atoms with van der Waals surface area (Å²) in [5, 5.41) is 6.66. The first kappa shape index (κ1) is 39.4. The standard InChI is InChI=1S/C33H44F3N5O9S/c1-8-18-16-32(18,27(44)40-51(47,48)22-12-13-22)39-25(42)23-15-21(49-28(45)37-20-11-9-10-19(14-20)33(34,35)36)17-41(23)26(43)24(30(2,3)4)38-29(46)50-31(5,6)7/h8-11,14,18,21-24H,1,12-13,15-17H2,2-7H3,(H,37,45)(H,38,46)(H,39,42)(H,40,44). The number of benzene rings is 1. The Labute approximate surface area is 294 Å². The van der Waals surface area contributed by atoms with Crippen LogP contribution in [0.5, 0.6) is 0 Å². The van der Waals surface area contributed by atoms with Crippen LogP contribution in [-0.2, 0) is 40.1 Å². The third-order valence-corrected chi connectivity index (χ3v) is 10.4. The second-order valence-corrected chi connectivity index (χ2v) is 17.1. The highest BCUT2D eigenvalue weighted by Crippen LogP contribution is 2.45. The van der Waals surface area contributed by atoms with E-state index in [0.29, 0.717) is 18.9 Å². The topological polar surface area (TPSA) is 189 Å². The second kappa shape index (κ2) is 14.0. The van der Waals surface area contributed by atoms with Crippen LogP contribution < -0.4 is 20.7 Å². The molecule has 4 rings (SSSR count). The molecule has 51 heavy (non-hydrogen) atoms. The van der Waals surface area contributed by atoms with Crippen LogP contribution in [-0.4, -0.2) is 84.3 Å². The molecule has 5 atom stereocenters. The fourth-order valence-electron chi connectivity index (χ4n) is 5.71. The third kappa shape index (κ3) is 9.71. The van der Waals surface area contributed by atoms with Crippen molar-refractivity contribution in [1.82, 2.24) is 20.3 Å². The smallest absolute Gasteiger partial charge is 0.416 e. The number of hydrogen-bond acceptors (Lipinski definition) is 9. The van der Waals surface area contributed by atoms with E-state index in [0.717, 1.165) is 17.0 Å². The molecule has 1 saturated heterocycles. The van der Waals surface area contributed by atoms with Gasteiger partial charge in [0.25, 0.3) is 5.91 Å². The van der Waals surface area contributed by atoms with E-state index in [1.54, 1.807) is 41.5 Å². The number of nitrogens with zero attached hydrogens (tertiary/aromatic N) is 1. The van der Waals surface area contributed by atoms with E-state index < -0.39 is 97.6 Å². The Balaban J connectivity index is 1.59. The number of ether oxygens (including phenoxy) is 2. The van der Waals surface area contributed by atoms with Crippen molar-refractivity contribution in [2.45, 2.75) is 108 Å². The zero-order valence-electron chi connectivity index (χ0n) is 29.2. The first-order chi connectivity index (χ1) is 23.4. The Morgan fingerprint density at radius 3 is 2.22 bits per heavy atom. The predicted octanol–water partition coefficient (Wildman–Crippen LogP) is 3.83. The maximum atomic E-state index is 14.2. The lowest BCUT2D eigenvalue weighted by Gasteiger charge is -2.36. The number of nitrogens with one attached hydrogen (secondary N) is 4. The average Bonchev–Trinajstić information content (AvgIpc) is 3.90. The summed E-state index contributed by atoms with van der Waals surface area (Å²) in [5.41, 5.74) is -4.78. The number of likely N-dealkylation sites (tertiary alicyclic amines) is 1. The van der Waals surface area contributed by atoms with Crippen molar-refractivity contribution < 1.29 is 55.0 Å². The molecular formula is C33H44F3N5O9S. The minimum Gasteiger partial charge on any atom is -0.444 e. The molecule has 3 aliphatic rings. The van der Waals surface area contributed by atoms with Gasteiger partial charge in [0.05, 0.1) is 17.4 Å². The molecule has 0 bridgehead atoms. The Morgan fingerprint density at radius 1 is 1.04 bits per heavy atom. The maximum absolute atomic E-state index is 14.2. The molecular weight excluding hydrogens is 699 g/mol. The summed E-state index contributed by atoms with van der Waals surface area (Å²) in [4.78, 5) is 68.2. The second-order valence-electron chi connectivity index (χ2n) is 15.1. The maximum Gasteiger partial charge on any atom is 0.416 e. The Hall–Kier alpha value is -4.35. The largest absolute Gasteiger partial charge is 0.444 e. The third-order valence-electron chi connectivity index (χ3n) is 8.58. The van der Waals surface area contributed by atoms with Gasteiger partial charge in [0.2, 0.25) is 21.8 Å². The summed E-state index contributed by atoms with van der Waals surface area (Å²) in [6.45, 7) is 13.2. The quantitative estimate of drug-likeness (QED) is 0.258. The Morgan fingerprint density at radius 2 is 1.69 bits per heavy atom. The summed E-state index contributed by atoms with van der Waals surface area (Å²) in [5.74, 6) is -3.23. The van der Waals surface area contributed by atoms with Gasteiger partial charge in [0, 0.05) is 18.0 Å². The molecule has 2 saturated carbocycles. The molecule has 1 aliphatic heterocycles. The van der Waals surface area contributed by atoms with Crippen molar-refractivity contribution in [2.24, 2.45) is 11.3 Å². The molecule has 5 amide bonds. The summed E-state index contributed by atoms with van der Waals surface area (Å²) in [6.07, 6.45) is -6.04. The van der Waals surface area contributed by atoms with Crippen LogP contribution >= 0.6 is 0 Å². The van der Waals surface area contributed by atoms with Crippen molar-refractivity contribution >= 4 is 45.6 Å². The van der Waals surface area contributed by atoms with Crippen LogP contribution in [0.2, 0.25) is 0 Å². The van der Waals surface area contributed by atoms with Gasteiger partial charge >= 0.3 is 18.4 Å². The normalized spacial score (nSPS) is 24.1. The number of carbonyl (C=O) groups is 5. The van der Waals surface area contributed by atoms with E-state index in [9.17, 15) is 45.6 Å². The minimum absolute atomic E-state index is 0.0269. The number of amides is 5. The monoisotopic (exact) mass is 743 g/mol. The molecule has 1 heterocycles. The molecule has 0 aromatic heterocycles. The minimum atomic E-state index is -4.67. The fraction of sp³-hybridized carbons (Fsp3) is 0.606. The lowest BCUT2D eigenvalue weighted by Crippen LogP contribution is -2.60. The SMILES string of the molecule is C=CC1CC1(NC(=O)C1CC(OC(=O)Nc2cccc(C(F)(F)F)c2)CN1C(=O)C(NC(=O)OC(C)(C)C)C(C)(C)C)C(=O)NS(=O)(=O)C1CC1. The molecule has 0 radical (unpaired) electrons. The van der Waals surface area contributed by atoms with E-state index in [-0.39, 0.29) is 25.1 Å². The molecule has 3 fully saturated rings. The van der Waals surface area contributed by atoms with Gasteiger partial charge in [-0.3, -0.25) is 24.4 Å². The zero-order valence-corrected chi connectivity index (χ0v) is 30.0. The summed E-state index contributed by atoms with van der Waals surface area (Å²) >= 11 is 0. The summed E-state index contributed by atoms with van der Waals surface area (Å²) < 4.78 is 77.6. The van der Waals surface area contributed by atoms with E-state index in [2.05, 4.69) is 22.5 Å². The van der Waals surface area contributed by atoms with Gasteiger partial charge < -0.3 is 25.0 Å². The lowest BCUT2D eigenvalue weighted by atomic mass is 9.85. The molecule has 18 heteroatoms. The highest BCUT2D eigenvalue weighted by molar-refractivity contribution is 7.91. The number of alkyl halides is 3. The fourth-order valence-corrected chi connectivity index (χ4v) is 7.07. The highest BCUT2D eigenvalue weighted by Gasteiger charge is 2.62. The van der Waals surface area contributed by atoms with Crippen molar-refractivity contribution in [3.63, 3.8) is 0 Å². The lowest BCUT2D eigenvalue weighted by molar-refractivity contribution is -0.143. The van der Waals surface area contributed by atoms with Gasteiger partial charge in [0.15, 0.2) is 0 Å². The van der Waals surface area contributed by atoms with Crippen LogP contribution in [0.3, 0.4) is 0 Å². The number of carbonyl (C=O) groups excluding carboxylic acids is 5. The van der Waals surface area contributed by atoms with E-state index in [1.165, 1.54) is 12.1 Å². The molecule has 4 N–H and O–H groups in total. The van der Waals surface area contributed by atoms with E-state index in [1.807, 2.05) is 4.72 Å². The molecule has 2 aliphatic carbocycles. The van der Waals surface area contributed by atoms with Crippen molar-refractivity contribution in [2.75, 3.05) is 11.9 Å². The van der Waals surface area contributed by atoms with Crippen LogP contribution in [0.1, 0.15) is 72.8 Å². The van der Waals surface area contributed by atoms with Crippen molar-refractivity contribution in [1.29, 1.82) is 0 Å². The van der Waals surface area contributed by atoms with E-state index in [4.69, 9.17) is 9.47 Å². The van der Waals surface area contributed by atoms with Crippen LogP contribution in [0.15, 0.2) is 36.9 Å². The number of alkyl carbamates (subject to hydrolysis) is 1. The summed E-state index contributed by atoms with van der Waals surface area (Å²) in [6, 6.07) is 1.16. The van der Waals surface area contributed by atoms with Crippen LogP contribution in [0.25, 0.3) is 0 Å². The first-order valence-electron chi connectivity index (χ1n) is 16.3. The molecule has 1 aromatic carbocycles. The number of anilines is 1. The zero-order chi connectivity index (χ0) is 38.3. The Bertz CT molecular complexity index is 1680. The molecule has 1 aromatic rings. The first-order valence-corrected chi connectivity index (χ1v) is 17.9. The predicted molar refractivity (Wildman–Crippen MR) is 177 cm³/mol. The van der Waals surface area contributed by atoms with Crippen molar-refractivity contribution in [3.8, 4) is 0 Å². The van der Waals surface area contributed by atoms with Gasteiger partial charge in [-0.05, 0) is 63.6 Å². The van der Waals surface area contributed by atoms with Gasteiger partial charge in [-0.2, -0.15) is 13.2 Å². The van der Waals surface area contributed by atoms with E-state index >= 15 is 0 Å². The highest BCUT2D eigenvalue weighted by atomic mass is 32.2. The van der Waals surface area contributed by atoms with Crippen LogP contribution in [0, 0.1) is 11.3 Å². The van der Waals surface area contributed by atoms with Crippen LogP contribution in [0.4, 0.5) is 28.4 Å². The Kier molecular flexibility index (Phi) is 10.8. The number of rotatable bonds is 10. The molecule has 14 nitrogen and oxygen atoms in total. The molecule has 282 valence electrons. The van der Waals surface area contributed by atoms with Crippen molar-refractivity contribution in [3.05, 3.63) is 42.5 Å². The number of hydrogen-bond donors (Lipinski definition) is 4. The number of sulfonamides is 1. The number of halogens is 3. The van der Waals surface area contributed by atoms with Gasteiger partial charge in [-0.1, -0.05) is 32.9 Å².